The normalized spacial score (nSPS) is 10.6. The van der Waals surface area contributed by atoms with Crippen LogP contribution in [0.5, 0.6) is 0 Å². The van der Waals surface area contributed by atoms with Crippen molar-refractivity contribution in [2.75, 3.05) is 11.6 Å². The minimum Gasteiger partial charge on any atom is -0.322 e. The zero-order valence-electron chi connectivity index (χ0n) is 14.7. The summed E-state index contributed by atoms with van der Waals surface area (Å²) in [7, 11) is 0. The van der Waals surface area contributed by atoms with Crippen molar-refractivity contribution in [1.82, 2.24) is 9.97 Å². The Labute approximate surface area is 155 Å². The highest BCUT2D eigenvalue weighted by Crippen LogP contribution is 2.26. The highest BCUT2D eigenvalue weighted by Gasteiger charge is 2.19. The number of carbonyl (C=O) groups excluding carboxylic acids is 1. The number of benzene rings is 2. The highest BCUT2D eigenvalue weighted by molar-refractivity contribution is 7.98. The fourth-order valence-electron chi connectivity index (χ4n) is 2.58. The summed E-state index contributed by atoms with van der Waals surface area (Å²) in [6.45, 7) is 3.72. The second-order valence-electron chi connectivity index (χ2n) is 5.79. The molecule has 1 heterocycles. The van der Waals surface area contributed by atoms with Gasteiger partial charge in [-0.25, -0.2) is 14.4 Å². The molecule has 2 aromatic carbocycles. The molecule has 0 spiro atoms. The van der Waals surface area contributed by atoms with Crippen LogP contribution in [0.3, 0.4) is 0 Å². The van der Waals surface area contributed by atoms with E-state index < -0.39 is 0 Å². The van der Waals surface area contributed by atoms with Gasteiger partial charge < -0.3 is 5.32 Å². The summed E-state index contributed by atoms with van der Waals surface area (Å²) in [5.74, 6) is -0.0871. The monoisotopic (exact) mass is 367 g/mol. The van der Waals surface area contributed by atoms with Gasteiger partial charge in [0, 0.05) is 11.3 Å². The molecule has 0 unspecified atom stereocenters. The molecule has 1 amide bonds. The number of hydrogen-bond acceptors (Lipinski definition) is 4. The first-order chi connectivity index (χ1) is 12.5. The molecule has 6 heteroatoms. The Balaban J connectivity index is 1.98. The largest absolute Gasteiger partial charge is 0.322 e. The van der Waals surface area contributed by atoms with E-state index in [0.717, 1.165) is 11.3 Å². The zero-order chi connectivity index (χ0) is 18.7. The third-order valence-corrected chi connectivity index (χ3v) is 4.65. The van der Waals surface area contributed by atoms with Crippen LogP contribution in [-0.2, 0) is 0 Å². The molecular formula is C20H18FN3OS. The number of anilines is 1. The molecule has 26 heavy (non-hydrogen) atoms. The number of amides is 1. The number of rotatable bonds is 4. The van der Waals surface area contributed by atoms with Crippen molar-refractivity contribution in [3.8, 4) is 11.4 Å². The molecule has 0 radical (unpaired) electrons. The third kappa shape index (κ3) is 3.75. The molecule has 0 saturated carbocycles. The van der Waals surface area contributed by atoms with E-state index in [1.165, 1.54) is 23.9 Å². The summed E-state index contributed by atoms with van der Waals surface area (Å²) in [4.78, 5) is 21.8. The minimum absolute atomic E-state index is 0.244. The van der Waals surface area contributed by atoms with Crippen LogP contribution in [0.4, 0.5) is 10.1 Å². The number of nitrogens with zero attached hydrogens (tertiary/aromatic N) is 2. The summed E-state index contributed by atoms with van der Waals surface area (Å²) in [6.07, 6.45) is 1.86. The summed E-state index contributed by atoms with van der Waals surface area (Å²) in [6, 6.07) is 13.6. The SMILES string of the molecule is CSc1nc(-c2ccc(F)cc2)nc(C)c1C(=O)Nc1ccccc1C. The molecule has 3 aromatic rings. The van der Waals surface area contributed by atoms with Gasteiger partial charge in [0.05, 0.1) is 11.3 Å². The van der Waals surface area contributed by atoms with Crippen molar-refractivity contribution < 1.29 is 9.18 Å². The van der Waals surface area contributed by atoms with Crippen molar-refractivity contribution >= 4 is 23.4 Å². The molecule has 1 N–H and O–H groups in total. The minimum atomic E-state index is -0.315. The lowest BCUT2D eigenvalue weighted by atomic mass is 10.1. The van der Waals surface area contributed by atoms with E-state index >= 15 is 0 Å². The van der Waals surface area contributed by atoms with Gasteiger partial charge in [0.25, 0.3) is 5.91 Å². The molecule has 0 saturated heterocycles. The van der Waals surface area contributed by atoms with Crippen LogP contribution in [0.2, 0.25) is 0 Å². The van der Waals surface area contributed by atoms with Crippen LogP contribution in [0.25, 0.3) is 11.4 Å². The number of nitrogens with one attached hydrogen (secondary N) is 1. The number of thioether (sulfide) groups is 1. The first-order valence-electron chi connectivity index (χ1n) is 8.05. The van der Waals surface area contributed by atoms with E-state index in [9.17, 15) is 9.18 Å². The van der Waals surface area contributed by atoms with E-state index in [4.69, 9.17) is 0 Å². The number of carbonyl (C=O) groups is 1. The zero-order valence-corrected chi connectivity index (χ0v) is 15.5. The predicted octanol–water partition coefficient (Wildman–Crippen LogP) is 4.87. The smallest absolute Gasteiger partial charge is 0.260 e. The van der Waals surface area contributed by atoms with Gasteiger partial charge in [-0.1, -0.05) is 18.2 Å². The molecule has 0 aliphatic rings. The van der Waals surface area contributed by atoms with Crippen LogP contribution in [0.1, 0.15) is 21.6 Å². The first kappa shape index (κ1) is 18.1. The molecule has 1 aromatic heterocycles. The second kappa shape index (κ2) is 7.66. The Morgan fingerprint density at radius 1 is 1.04 bits per heavy atom. The van der Waals surface area contributed by atoms with Crippen molar-refractivity contribution in [2.24, 2.45) is 0 Å². The lowest BCUT2D eigenvalue weighted by Gasteiger charge is -2.13. The number of para-hydroxylation sites is 1. The topological polar surface area (TPSA) is 54.9 Å². The van der Waals surface area contributed by atoms with Crippen LogP contribution in [-0.4, -0.2) is 22.1 Å². The predicted molar refractivity (Wildman–Crippen MR) is 103 cm³/mol. The van der Waals surface area contributed by atoms with Gasteiger partial charge in [-0.05, 0) is 56.0 Å². The van der Waals surface area contributed by atoms with E-state index in [1.54, 1.807) is 19.1 Å². The van der Waals surface area contributed by atoms with Crippen LogP contribution in [0, 0.1) is 19.7 Å². The molecule has 3 rings (SSSR count). The molecule has 0 aliphatic carbocycles. The third-order valence-electron chi connectivity index (χ3n) is 3.97. The maximum Gasteiger partial charge on any atom is 0.260 e. The van der Waals surface area contributed by atoms with E-state index in [2.05, 4.69) is 15.3 Å². The number of hydrogen-bond donors (Lipinski definition) is 1. The van der Waals surface area contributed by atoms with Gasteiger partial charge in [-0.3, -0.25) is 4.79 Å². The number of aromatic nitrogens is 2. The quantitative estimate of drug-likeness (QED) is 0.528. The van der Waals surface area contributed by atoms with Gasteiger partial charge in [-0.2, -0.15) is 0 Å². The number of aryl methyl sites for hydroxylation is 2. The van der Waals surface area contributed by atoms with Crippen molar-refractivity contribution in [3.05, 3.63) is 71.2 Å². The Morgan fingerprint density at radius 2 is 1.73 bits per heavy atom. The maximum atomic E-state index is 13.1. The Kier molecular flexibility index (Phi) is 5.32. The second-order valence-corrected chi connectivity index (χ2v) is 6.59. The van der Waals surface area contributed by atoms with Crippen LogP contribution in [0.15, 0.2) is 53.6 Å². The molecule has 0 aliphatic heterocycles. The molecule has 132 valence electrons. The molecule has 0 atom stereocenters. The molecule has 0 fully saturated rings. The fraction of sp³-hybridized carbons (Fsp3) is 0.150. The van der Waals surface area contributed by atoms with E-state index in [1.807, 2.05) is 37.4 Å². The summed E-state index contributed by atoms with van der Waals surface area (Å²) < 4.78 is 13.1. The standard InChI is InChI=1S/C20H18FN3OS/c1-12-6-4-5-7-16(12)23-19(25)17-13(2)22-18(24-20(17)26-3)14-8-10-15(21)11-9-14/h4-11H,1-3H3,(H,23,25). The average Bonchev–Trinajstić information content (AvgIpc) is 2.63. The van der Waals surface area contributed by atoms with Gasteiger partial charge in [0.15, 0.2) is 5.82 Å². The summed E-state index contributed by atoms with van der Waals surface area (Å²) >= 11 is 1.38. The first-order valence-corrected chi connectivity index (χ1v) is 9.27. The van der Waals surface area contributed by atoms with Crippen molar-refractivity contribution in [1.29, 1.82) is 0 Å². The van der Waals surface area contributed by atoms with E-state index in [0.29, 0.717) is 27.7 Å². The lowest BCUT2D eigenvalue weighted by Crippen LogP contribution is -2.17. The molecular weight excluding hydrogens is 349 g/mol. The van der Waals surface area contributed by atoms with Crippen molar-refractivity contribution in [3.63, 3.8) is 0 Å². The Hall–Kier alpha value is -2.73. The van der Waals surface area contributed by atoms with Gasteiger partial charge in [0.2, 0.25) is 0 Å². The molecule has 4 nitrogen and oxygen atoms in total. The van der Waals surface area contributed by atoms with Crippen LogP contribution >= 0.6 is 11.8 Å². The Morgan fingerprint density at radius 3 is 2.38 bits per heavy atom. The van der Waals surface area contributed by atoms with Crippen molar-refractivity contribution in [2.45, 2.75) is 18.9 Å². The summed E-state index contributed by atoms with van der Waals surface area (Å²) in [5.41, 5.74) is 3.47. The van der Waals surface area contributed by atoms with Crippen LogP contribution < -0.4 is 5.32 Å². The highest BCUT2D eigenvalue weighted by atomic mass is 32.2. The summed E-state index contributed by atoms with van der Waals surface area (Å²) in [5, 5.41) is 3.51. The van der Waals surface area contributed by atoms with Gasteiger partial charge >= 0.3 is 0 Å². The fourth-order valence-corrected chi connectivity index (χ4v) is 3.20. The number of halogens is 1. The molecule has 0 bridgehead atoms. The van der Waals surface area contributed by atoms with E-state index in [-0.39, 0.29) is 11.7 Å². The van der Waals surface area contributed by atoms with Gasteiger partial charge in [0.1, 0.15) is 10.8 Å². The lowest BCUT2D eigenvalue weighted by molar-refractivity contribution is 0.102. The van der Waals surface area contributed by atoms with Gasteiger partial charge in [-0.15, -0.1) is 11.8 Å². The maximum absolute atomic E-state index is 13.1. The Bertz CT molecular complexity index is 958. The average molecular weight is 367 g/mol.